The van der Waals surface area contributed by atoms with Gasteiger partial charge in [0.15, 0.2) is 5.65 Å². The Kier molecular flexibility index (Phi) is 3.17. The van der Waals surface area contributed by atoms with E-state index >= 15 is 0 Å². The summed E-state index contributed by atoms with van der Waals surface area (Å²) in [4.78, 5) is 8.67. The van der Waals surface area contributed by atoms with Crippen molar-refractivity contribution in [1.29, 1.82) is 0 Å². The maximum Gasteiger partial charge on any atom is 0.157 e. The number of fused-ring (bicyclic) bond motifs is 1. The molecule has 4 nitrogen and oxygen atoms in total. The van der Waals surface area contributed by atoms with E-state index < -0.39 is 0 Å². The fraction of sp³-hybridized carbons (Fsp3) is 0.214. The van der Waals surface area contributed by atoms with Crippen LogP contribution < -0.4 is 0 Å². The van der Waals surface area contributed by atoms with Gasteiger partial charge in [0.2, 0.25) is 0 Å². The van der Waals surface area contributed by atoms with Gasteiger partial charge in [-0.05, 0) is 24.6 Å². The van der Waals surface area contributed by atoms with Crippen molar-refractivity contribution in [2.75, 3.05) is 0 Å². The Morgan fingerprint density at radius 1 is 1.32 bits per heavy atom. The number of aromatic nitrogens is 4. The topological polar surface area (TPSA) is 43.1 Å². The van der Waals surface area contributed by atoms with Crippen molar-refractivity contribution in [1.82, 2.24) is 19.6 Å². The molecule has 0 radical (unpaired) electrons. The van der Waals surface area contributed by atoms with Crippen molar-refractivity contribution in [3.05, 3.63) is 47.5 Å². The number of hydrogen-bond donors (Lipinski definition) is 0. The predicted molar refractivity (Wildman–Crippen MR) is 75.2 cm³/mol. The summed E-state index contributed by atoms with van der Waals surface area (Å²) < 4.78 is 1.66. The zero-order valence-corrected chi connectivity index (χ0v) is 11.3. The molecule has 0 aromatic carbocycles. The zero-order chi connectivity index (χ0) is 13.2. The van der Waals surface area contributed by atoms with Gasteiger partial charge in [-0.3, -0.25) is 4.98 Å². The molecule has 19 heavy (non-hydrogen) atoms. The summed E-state index contributed by atoms with van der Waals surface area (Å²) in [5.41, 5.74) is 3.56. The molecule has 0 atom stereocenters. The molecule has 0 bridgehead atoms. The molecule has 0 aliphatic heterocycles. The van der Waals surface area contributed by atoms with Crippen LogP contribution in [0, 0.1) is 0 Å². The fourth-order valence-corrected chi connectivity index (χ4v) is 2.28. The van der Waals surface area contributed by atoms with E-state index in [1.165, 1.54) is 0 Å². The van der Waals surface area contributed by atoms with Crippen LogP contribution in [0.25, 0.3) is 16.9 Å². The summed E-state index contributed by atoms with van der Waals surface area (Å²) in [6, 6.07) is 7.66. The number of aryl methyl sites for hydroxylation is 1. The molecule has 0 aliphatic rings. The lowest BCUT2D eigenvalue weighted by Crippen LogP contribution is -1.97. The first-order valence-corrected chi connectivity index (χ1v) is 6.61. The van der Waals surface area contributed by atoms with E-state index in [-0.39, 0.29) is 0 Å². The largest absolute Gasteiger partial charge is 0.264 e. The van der Waals surface area contributed by atoms with Crippen molar-refractivity contribution < 1.29 is 0 Å². The van der Waals surface area contributed by atoms with Gasteiger partial charge >= 0.3 is 0 Å². The molecule has 0 saturated carbocycles. The van der Waals surface area contributed by atoms with Crippen LogP contribution in [-0.4, -0.2) is 19.6 Å². The van der Waals surface area contributed by atoms with Crippen LogP contribution >= 0.6 is 11.6 Å². The highest BCUT2D eigenvalue weighted by Crippen LogP contribution is 2.21. The molecule has 5 heteroatoms. The minimum absolute atomic E-state index is 0.587. The molecule has 3 aromatic rings. The molecule has 0 aliphatic carbocycles. The van der Waals surface area contributed by atoms with Crippen LogP contribution in [-0.2, 0) is 6.42 Å². The minimum atomic E-state index is 0.587. The van der Waals surface area contributed by atoms with Gasteiger partial charge in [-0.1, -0.05) is 24.9 Å². The molecule has 0 unspecified atom stereocenters. The summed E-state index contributed by atoms with van der Waals surface area (Å²) in [6.45, 7) is 2.12. The predicted octanol–water partition coefficient (Wildman–Crippen LogP) is 3.40. The monoisotopic (exact) mass is 272 g/mol. The lowest BCUT2D eigenvalue weighted by molar-refractivity contribution is 0.859. The quantitative estimate of drug-likeness (QED) is 0.687. The molecule has 0 N–H and O–H groups in total. The molecule has 0 spiro atoms. The summed E-state index contributed by atoms with van der Waals surface area (Å²) in [6.07, 6.45) is 5.49. The van der Waals surface area contributed by atoms with Crippen LogP contribution in [0.1, 0.15) is 19.0 Å². The summed E-state index contributed by atoms with van der Waals surface area (Å²) >= 11 is 6.24. The van der Waals surface area contributed by atoms with E-state index in [4.69, 9.17) is 11.6 Å². The van der Waals surface area contributed by atoms with Crippen LogP contribution in [0.15, 0.2) is 36.7 Å². The first-order chi connectivity index (χ1) is 9.28. The van der Waals surface area contributed by atoms with Gasteiger partial charge in [0.1, 0.15) is 5.15 Å². The van der Waals surface area contributed by atoms with E-state index in [2.05, 4.69) is 22.0 Å². The number of halogens is 1. The molecular formula is C14H13ClN4. The Morgan fingerprint density at radius 2 is 2.21 bits per heavy atom. The molecule has 96 valence electrons. The minimum Gasteiger partial charge on any atom is -0.264 e. The standard InChI is InChI=1S/C14H13ClN4/c1-2-4-11-7-13(15)19-14(17-11)8-12(18-19)10-5-3-6-16-9-10/h3,5-9H,2,4H2,1H3. The number of nitrogens with zero attached hydrogens (tertiary/aromatic N) is 4. The van der Waals surface area contributed by atoms with Crippen molar-refractivity contribution >= 4 is 17.2 Å². The van der Waals surface area contributed by atoms with Crippen LogP contribution in [0.3, 0.4) is 0 Å². The Bertz CT molecular complexity index is 706. The number of pyridine rings is 1. The number of hydrogen-bond acceptors (Lipinski definition) is 3. The molecule has 3 heterocycles. The lowest BCUT2D eigenvalue weighted by Gasteiger charge is -2.01. The third-order valence-corrected chi connectivity index (χ3v) is 3.17. The average Bonchev–Trinajstić information content (AvgIpc) is 2.85. The maximum atomic E-state index is 6.24. The van der Waals surface area contributed by atoms with Crippen molar-refractivity contribution in [3.63, 3.8) is 0 Å². The molecule has 0 amide bonds. The van der Waals surface area contributed by atoms with Crippen LogP contribution in [0.4, 0.5) is 0 Å². The van der Waals surface area contributed by atoms with E-state index in [1.54, 1.807) is 16.9 Å². The van der Waals surface area contributed by atoms with Gasteiger partial charge in [-0.15, -0.1) is 0 Å². The molecule has 0 fully saturated rings. The van der Waals surface area contributed by atoms with Gasteiger partial charge in [0.05, 0.1) is 5.69 Å². The lowest BCUT2D eigenvalue weighted by atomic mass is 10.2. The third kappa shape index (κ3) is 2.31. The van der Waals surface area contributed by atoms with Gasteiger partial charge in [-0.25, -0.2) is 9.50 Å². The molecule has 0 saturated heterocycles. The summed E-state index contributed by atoms with van der Waals surface area (Å²) in [5, 5.41) is 5.05. The first-order valence-electron chi connectivity index (χ1n) is 6.23. The summed E-state index contributed by atoms with van der Waals surface area (Å²) in [5.74, 6) is 0. The van der Waals surface area contributed by atoms with E-state index in [0.717, 1.165) is 35.4 Å². The smallest absolute Gasteiger partial charge is 0.157 e. The molecule has 3 aromatic heterocycles. The third-order valence-electron chi connectivity index (χ3n) is 2.90. The second-order valence-electron chi connectivity index (χ2n) is 4.36. The Balaban J connectivity index is 2.13. The van der Waals surface area contributed by atoms with E-state index in [1.807, 2.05) is 24.3 Å². The van der Waals surface area contributed by atoms with Gasteiger partial charge in [0, 0.05) is 29.7 Å². The van der Waals surface area contributed by atoms with Gasteiger partial charge in [-0.2, -0.15) is 5.10 Å². The average molecular weight is 273 g/mol. The van der Waals surface area contributed by atoms with E-state index in [9.17, 15) is 0 Å². The maximum absolute atomic E-state index is 6.24. The van der Waals surface area contributed by atoms with E-state index in [0.29, 0.717) is 5.15 Å². The van der Waals surface area contributed by atoms with Crippen molar-refractivity contribution in [2.24, 2.45) is 0 Å². The highest BCUT2D eigenvalue weighted by atomic mass is 35.5. The van der Waals surface area contributed by atoms with Gasteiger partial charge < -0.3 is 0 Å². The number of rotatable bonds is 3. The highest BCUT2D eigenvalue weighted by molar-refractivity contribution is 6.29. The Morgan fingerprint density at radius 3 is 2.95 bits per heavy atom. The Labute approximate surface area is 116 Å². The molecule has 3 rings (SSSR count). The van der Waals surface area contributed by atoms with Crippen LogP contribution in [0.2, 0.25) is 5.15 Å². The second kappa shape index (κ2) is 4.97. The van der Waals surface area contributed by atoms with Crippen molar-refractivity contribution in [2.45, 2.75) is 19.8 Å². The normalized spacial score (nSPS) is 11.1. The van der Waals surface area contributed by atoms with Crippen molar-refractivity contribution in [3.8, 4) is 11.3 Å². The first kappa shape index (κ1) is 12.1. The summed E-state index contributed by atoms with van der Waals surface area (Å²) in [7, 11) is 0. The zero-order valence-electron chi connectivity index (χ0n) is 10.5. The Hall–Kier alpha value is -1.94. The fourth-order valence-electron chi connectivity index (χ4n) is 2.03. The SMILES string of the molecule is CCCc1cc(Cl)n2nc(-c3cccnc3)cc2n1. The second-order valence-corrected chi connectivity index (χ2v) is 4.75. The highest BCUT2D eigenvalue weighted by Gasteiger charge is 2.09. The van der Waals surface area contributed by atoms with Gasteiger partial charge in [0.25, 0.3) is 0 Å². The molecular weight excluding hydrogens is 260 g/mol. The van der Waals surface area contributed by atoms with Crippen LogP contribution in [0.5, 0.6) is 0 Å².